The second-order valence-corrected chi connectivity index (χ2v) is 5.24. The molecule has 2 amide bonds. The minimum atomic E-state index is -0.0354. The van der Waals surface area contributed by atoms with Gasteiger partial charge in [-0.3, -0.25) is 5.01 Å². The Labute approximate surface area is 111 Å². The lowest BCUT2D eigenvalue weighted by molar-refractivity contribution is -0.00442. The van der Waals surface area contributed by atoms with Crippen molar-refractivity contribution in [2.24, 2.45) is 0 Å². The van der Waals surface area contributed by atoms with Crippen molar-refractivity contribution in [3.8, 4) is 0 Å². The molecule has 2 heterocycles. The van der Waals surface area contributed by atoms with E-state index in [0.717, 1.165) is 37.2 Å². The number of rotatable bonds is 1. The zero-order chi connectivity index (χ0) is 12.5. The number of nitrogens with one attached hydrogen (secondary N) is 1. The molecule has 0 bridgehead atoms. The van der Waals surface area contributed by atoms with Gasteiger partial charge in [0.05, 0.1) is 6.54 Å². The Morgan fingerprint density at radius 1 is 1.17 bits per heavy atom. The van der Waals surface area contributed by atoms with E-state index in [0.29, 0.717) is 11.6 Å². The van der Waals surface area contributed by atoms with Crippen LogP contribution in [0.4, 0.5) is 10.5 Å². The van der Waals surface area contributed by atoms with Crippen molar-refractivity contribution in [2.45, 2.75) is 25.8 Å². The fourth-order valence-corrected chi connectivity index (χ4v) is 2.77. The first-order chi connectivity index (χ1) is 8.74. The molecular formula is C13H16ClN3O. The number of carbonyl (C=O) groups is 1. The van der Waals surface area contributed by atoms with Gasteiger partial charge in [0.2, 0.25) is 0 Å². The summed E-state index contributed by atoms with van der Waals surface area (Å²) in [5.41, 5.74) is 1.95. The lowest BCUT2D eigenvalue weighted by Crippen LogP contribution is -2.51. The van der Waals surface area contributed by atoms with Crippen molar-refractivity contribution in [3.05, 3.63) is 28.8 Å². The van der Waals surface area contributed by atoms with Gasteiger partial charge in [0.1, 0.15) is 0 Å². The van der Waals surface area contributed by atoms with Gasteiger partial charge in [0.25, 0.3) is 0 Å². The molecule has 18 heavy (non-hydrogen) atoms. The molecule has 96 valence electrons. The number of urea groups is 1. The Morgan fingerprint density at radius 2 is 1.94 bits per heavy atom. The van der Waals surface area contributed by atoms with Crippen LogP contribution >= 0.6 is 11.6 Å². The minimum Gasteiger partial charge on any atom is -0.306 e. The van der Waals surface area contributed by atoms with E-state index in [9.17, 15) is 4.79 Å². The smallest absolute Gasteiger partial charge is 0.306 e. The summed E-state index contributed by atoms with van der Waals surface area (Å²) in [5, 5.41) is 7.58. The zero-order valence-corrected chi connectivity index (χ0v) is 10.9. The predicted octanol–water partition coefficient (Wildman–Crippen LogP) is 3.09. The molecule has 4 nitrogen and oxygen atoms in total. The highest BCUT2D eigenvalue weighted by molar-refractivity contribution is 6.30. The lowest BCUT2D eigenvalue weighted by Gasteiger charge is -2.40. The number of nitrogens with zero attached hydrogens (tertiary/aromatic N) is 2. The number of amides is 2. The Hall–Kier alpha value is -1.26. The van der Waals surface area contributed by atoms with Crippen LogP contribution in [0.5, 0.6) is 0 Å². The molecule has 0 aliphatic carbocycles. The van der Waals surface area contributed by atoms with Crippen molar-refractivity contribution in [3.63, 3.8) is 0 Å². The highest BCUT2D eigenvalue weighted by atomic mass is 35.5. The van der Waals surface area contributed by atoms with E-state index in [1.807, 2.05) is 12.1 Å². The van der Waals surface area contributed by atoms with E-state index in [-0.39, 0.29) is 6.03 Å². The number of carbonyl (C=O) groups excluding carboxylic acids is 1. The van der Waals surface area contributed by atoms with E-state index >= 15 is 0 Å². The van der Waals surface area contributed by atoms with Crippen molar-refractivity contribution in [1.82, 2.24) is 10.0 Å². The van der Waals surface area contributed by atoms with Crippen LogP contribution in [0.25, 0.3) is 0 Å². The van der Waals surface area contributed by atoms with Gasteiger partial charge >= 0.3 is 6.03 Å². The quantitative estimate of drug-likeness (QED) is 0.847. The van der Waals surface area contributed by atoms with E-state index in [4.69, 9.17) is 11.6 Å². The van der Waals surface area contributed by atoms with Gasteiger partial charge in [-0.2, -0.15) is 0 Å². The van der Waals surface area contributed by atoms with Crippen LogP contribution in [0.15, 0.2) is 18.2 Å². The molecule has 0 radical (unpaired) electrons. The number of hydrogen-bond acceptors (Lipinski definition) is 2. The van der Waals surface area contributed by atoms with E-state index in [1.54, 1.807) is 11.1 Å². The number of halogens is 1. The molecule has 0 atom stereocenters. The summed E-state index contributed by atoms with van der Waals surface area (Å²) in [7, 11) is 0. The predicted molar refractivity (Wildman–Crippen MR) is 71.4 cm³/mol. The lowest BCUT2D eigenvalue weighted by atomic mass is 10.1. The van der Waals surface area contributed by atoms with Crippen LogP contribution < -0.4 is 5.32 Å². The third-order valence-electron chi connectivity index (χ3n) is 3.54. The van der Waals surface area contributed by atoms with Gasteiger partial charge in [-0.25, -0.2) is 9.80 Å². The van der Waals surface area contributed by atoms with Gasteiger partial charge in [-0.15, -0.1) is 0 Å². The molecular weight excluding hydrogens is 250 g/mol. The normalized spacial score (nSPS) is 20.5. The third-order valence-corrected chi connectivity index (χ3v) is 3.77. The van der Waals surface area contributed by atoms with Gasteiger partial charge in [-0.05, 0) is 36.6 Å². The molecule has 1 aromatic rings. The number of hydrazine groups is 1. The third kappa shape index (κ3) is 2.18. The molecule has 0 unspecified atom stereocenters. The second-order valence-electron chi connectivity index (χ2n) is 4.80. The summed E-state index contributed by atoms with van der Waals surface area (Å²) in [6.45, 7) is 2.54. The van der Waals surface area contributed by atoms with Gasteiger partial charge in [0.15, 0.2) is 0 Å². The Bertz CT molecular complexity index is 471. The van der Waals surface area contributed by atoms with Crippen LogP contribution in [0.1, 0.15) is 24.8 Å². The minimum absolute atomic E-state index is 0.0354. The Balaban J connectivity index is 1.83. The average Bonchev–Trinajstić information content (AvgIpc) is 2.39. The maximum atomic E-state index is 12.1. The summed E-state index contributed by atoms with van der Waals surface area (Å²) in [6.07, 6.45) is 3.58. The Morgan fingerprint density at radius 3 is 2.72 bits per heavy atom. The highest BCUT2D eigenvalue weighted by Crippen LogP contribution is 2.28. The molecule has 2 aliphatic heterocycles. The van der Waals surface area contributed by atoms with Crippen molar-refractivity contribution < 1.29 is 4.79 Å². The molecule has 1 N–H and O–H groups in total. The first-order valence-electron chi connectivity index (χ1n) is 6.36. The molecule has 0 spiro atoms. The Kier molecular flexibility index (Phi) is 3.14. The zero-order valence-electron chi connectivity index (χ0n) is 10.2. The largest absolute Gasteiger partial charge is 0.336 e. The summed E-state index contributed by atoms with van der Waals surface area (Å²) in [5.74, 6) is 0. The van der Waals surface area contributed by atoms with E-state index in [1.165, 1.54) is 6.42 Å². The summed E-state index contributed by atoms with van der Waals surface area (Å²) >= 11 is 6.00. The molecule has 1 saturated heterocycles. The number of fused-ring (bicyclic) bond motifs is 1. The fourth-order valence-electron chi connectivity index (χ4n) is 2.58. The van der Waals surface area contributed by atoms with Crippen LogP contribution in [0.3, 0.4) is 0 Å². The molecule has 1 fully saturated rings. The van der Waals surface area contributed by atoms with Gasteiger partial charge in [-0.1, -0.05) is 18.0 Å². The molecule has 0 saturated carbocycles. The number of anilines is 1. The van der Waals surface area contributed by atoms with E-state index in [2.05, 4.69) is 10.3 Å². The maximum Gasteiger partial charge on any atom is 0.336 e. The van der Waals surface area contributed by atoms with E-state index < -0.39 is 0 Å². The molecule has 1 aromatic carbocycles. The van der Waals surface area contributed by atoms with Crippen LogP contribution in [0, 0.1) is 0 Å². The summed E-state index contributed by atoms with van der Waals surface area (Å²) in [6, 6.07) is 5.56. The SMILES string of the molecule is O=C1Nc2ccc(Cl)cc2CN1N1CCCCC1. The first kappa shape index (κ1) is 11.8. The van der Waals surface area contributed by atoms with Crippen LogP contribution in [0.2, 0.25) is 5.02 Å². The molecule has 2 aliphatic rings. The standard InChI is InChI=1S/C13H16ClN3O/c14-11-4-5-12-10(8-11)9-17(13(18)15-12)16-6-2-1-3-7-16/h4-5,8H,1-3,6-7,9H2,(H,15,18). The maximum absolute atomic E-state index is 12.1. The molecule has 3 rings (SSSR count). The highest BCUT2D eigenvalue weighted by Gasteiger charge is 2.28. The van der Waals surface area contributed by atoms with Gasteiger partial charge < -0.3 is 5.32 Å². The van der Waals surface area contributed by atoms with Crippen LogP contribution in [-0.2, 0) is 6.54 Å². The monoisotopic (exact) mass is 265 g/mol. The van der Waals surface area contributed by atoms with Crippen LogP contribution in [-0.4, -0.2) is 29.1 Å². The number of piperidine rings is 1. The molecule has 5 heteroatoms. The van der Waals surface area contributed by atoms with Crippen molar-refractivity contribution >= 4 is 23.3 Å². The van der Waals surface area contributed by atoms with Gasteiger partial charge in [0, 0.05) is 23.8 Å². The molecule has 0 aromatic heterocycles. The number of hydrogen-bond donors (Lipinski definition) is 1. The average molecular weight is 266 g/mol. The number of benzene rings is 1. The van der Waals surface area contributed by atoms with Crippen molar-refractivity contribution in [2.75, 3.05) is 18.4 Å². The summed E-state index contributed by atoms with van der Waals surface area (Å²) in [4.78, 5) is 12.1. The fraction of sp³-hybridized carbons (Fsp3) is 0.462. The second kappa shape index (κ2) is 4.78. The topological polar surface area (TPSA) is 35.6 Å². The summed E-state index contributed by atoms with van der Waals surface area (Å²) < 4.78 is 0. The first-order valence-corrected chi connectivity index (χ1v) is 6.73. The van der Waals surface area contributed by atoms with Crippen molar-refractivity contribution in [1.29, 1.82) is 0 Å².